The first-order chi connectivity index (χ1) is 14.1. The van der Waals surface area contributed by atoms with Crippen molar-refractivity contribution in [3.63, 3.8) is 0 Å². The Hall–Kier alpha value is -2.12. The van der Waals surface area contributed by atoms with Crippen molar-refractivity contribution in [3.05, 3.63) is 74.7 Å². The molecule has 154 valence electrons. The second kappa shape index (κ2) is 7.85. The summed E-state index contributed by atoms with van der Waals surface area (Å²) in [5.41, 5.74) is 4.33. The molecule has 1 N–H and O–H groups in total. The van der Waals surface area contributed by atoms with Crippen molar-refractivity contribution in [1.82, 2.24) is 4.98 Å². The third kappa shape index (κ3) is 4.05. The lowest BCUT2D eigenvalue weighted by molar-refractivity contribution is 0.601. The van der Waals surface area contributed by atoms with E-state index >= 15 is 0 Å². The van der Waals surface area contributed by atoms with Crippen LogP contribution in [-0.4, -0.2) is 13.4 Å². The molecule has 0 aliphatic rings. The van der Waals surface area contributed by atoms with Crippen LogP contribution in [-0.2, 0) is 10.0 Å². The molecular weight excluding hydrogens is 459 g/mol. The third-order valence-corrected chi connectivity index (χ3v) is 7.44. The topological polar surface area (TPSA) is 59.1 Å². The van der Waals surface area contributed by atoms with Crippen molar-refractivity contribution in [2.75, 3.05) is 4.72 Å². The summed E-state index contributed by atoms with van der Waals surface area (Å²) in [6, 6.07) is 14.1. The summed E-state index contributed by atoms with van der Waals surface area (Å²) in [5, 5.41) is 1.29. The number of nitrogens with one attached hydrogen (secondary N) is 1. The molecule has 8 heteroatoms. The Morgan fingerprint density at radius 1 is 0.967 bits per heavy atom. The second-order valence-corrected chi connectivity index (χ2v) is 10.9. The van der Waals surface area contributed by atoms with Gasteiger partial charge in [0.15, 0.2) is 0 Å². The molecule has 0 amide bonds. The van der Waals surface area contributed by atoms with E-state index in [0.717, 1.165) is 37.5 Å². The number of sulfonamides is 1. The molecule has 4 aromatic rings. The molecule has 0 fully saturated rings. The van der Waals surface area contributed by atoms with Crippen LogP contribution in [0.2, 0.25) is 10.0 Å². The van der Waals surface area contributed by atoms with E-state index in [2.05, 4.69) is 15.8 Å². The fraction of sp³-hybridized carbons (Fsp3) is 0.136. The van der Waals surface area contributed by atoms with E-state index in [1.54, 1.807) is 17.4 Å². The van der Waals surface area contributed by atoms with Gasteiger partial charge in [-0.2, -0.15) is 0 Å². The zero-order valence-electron chi connectivity index (χ0n) is 16.5. The predicted molar refractivity (Wildman–Crippen MR) is 127 cm³/mol. The summed E-state index contributed by atoms with van der Waals surface area (Å²) in [4.78, 5) is 6.50. The molecule has 2 aromatic heterocycles. The van der Waals surface area contributed by atoms with Crippen LogP contribution in [0.3, 0.4) is 0 Å². The molecule has 4 nitrogen and oxygen atoms in total. The molecule has 0 atom stereocenters. The first kappa shape index (κ1) is 21.1. The van der Waals surface area contributed by atoms with E-state index < -0.39 is 10.0 Å². The van der Waals surface area contributed by atoms with Crippen molar-refractivity contribution in [2.45, 2.75) is 25.7 Å². The third-order valence-electron chi connectivity index (χ3n) is 4.66. The highest BCUT2D eigenvalue weighted by Crippen LogP contribution is 2.42. The molecule has 2 heterocycles. The Labute approximate surface area is 189 Å². The van der Waals surface area contributed by atoms with E-state index in [1.807, 2.05) is 39.0 Å². The Bertz CT molecular complexity index is 1380. The second-order valence-electron chi connectivity index (χ2n) is 7.10. The van der Waals surface area contributed by atoms with Gasteiger partial charge < -0.3 is 0 Å². The van der Waals surface area contributed by atoms with Gasteiger partial charge in [-0.1, -0.05) is 53.0 Å². The molecular formula is C22H18Cl2N2O2S2. The summed E-state index contributed by atoms with van der Waals surface area (Å²) >= 11 is 13.6. The number of nitrogens with zero attached hydrogens (tertiary/aromatic N) is 1. The number of fused-ring (bicyclic) bond motifs is 1. The van der Waals surface area contributed by atoms with Crippen LogP contribution < -0.4 is 4.72 Å². The highest BCUT2D eigenvalue weighted by molar-refractivity contribution is 7.92. The van der Waals surface area contributed by atoms with Gasteiger partial charge in [0.1, 0.15) is 4.83 Å². The molecule has 0 saturated heterocycles. The number of anilines is 1. The van der Waals surface area contributed by atoms with E-state index in [-0.39, 0.29) is 14.9 Å². The lowest BCUT2D eigenvalue weighted by Gasteiger charge is -2.13. The number of benzene rings is 2. The smallest absolute Gasteiger partial charge is 0.262 e. The fourth-order valence-corrected chi connectivity index (χ4v) is 6.35. The molecule has 2 aromatic carbocycles. The van der Waals surface area contributed by atoms with Gasteiger partial charge in [0.2, 0.25) is 0 Å². The van der Waals surface area contributed by atoms with Crippen molar-refractivity contribution >= 4 is 60.5 Å². The van der Waals surface area contributed by atoms with Crippen molar-refractivity contribution < 1.29 is 8.42 Å². The zero-order valence-corrected chi connectivity index (χ0v) is 19.6. The van der Waals surface area contributed by atoms with Crippen LogP contribution in [0.1, 0.15) is 16.1 Å². The number of hydrogen-bond acceptors (Lipinski definition) is 4. The van der Waals surface area contributed by atoms with Crippen LogP contribution in [0.15, 0.2) is 53.4 Å². The highest BCUT2D eigenvalue weighted by Gasteiger charge is 2.22. The Morgan fingerprint density at radius 3 is 2.33 bits per heavy atom. The fourth-order valence-electron chi connectivity index (χ4n) is 3.45. The SMILES string of the molecule is Cc1cccc(-c2c(C)sc3nc(C)cc(NS(=O)(=O)c4cc(Cl)cc(Cl)c4)c23)c1. The van der Waals surface area contributed by atoms with Crippen LogP contribution in [0.4, 0.5) is 5.69 Å². The van der Waals surface area contributed by atoms with Gasteiger partial charge in [0.25, 0.3) is 10.0 Å². The molecule has 4 rings (SSSR count). The molecule has 0 aliphatic carbocycles. The van der Waals surface area contributed by atoms with Crippen LogP contribution >= 0.6 is 34.5 Å². The van der Waals surface area contributed by atoms with Gasteiger partial charge in [-0.25, -0.2) is 13.4 Å². The monoisotopic (exact) mass is 476 g/mol. The van der Waals surface area contributed by atoms with E-state index in [0.29, 0.717) is 5.69 Å². The van der Waals surface area contributed by atoms with Crippen LogP contribution in [0.5, 0.6) is 0 Å². The average molecular weight is 477 g/mol. The summed E-state index contributed by atoms with van der Waals surface area (Å²) < 4.78 is 29.0. The first-order valence-corrected chi connectivity index (χ1v) is 12.2. The summed E-state index contributed by atoms with van der Waals surface area (Å²) in [5.74, 6) is 0. The number of aryl methyl sites for hydroxylation is 3. The lowest BCUT2D eigenvalue weighted by Crippen LogP contribution is -2.13. The van der Waals surface area contributed by atoms with Gasteiger partial charge in [-0.05, 0) is 50.6 Å². The molecule has 0 radical (unpaired) electrons. The zero-order chi connectivity index (χ0) is 21.6. The molecule has 30 heavy (non-hydrogen) atoms. The minimum Gasteiger partial charge on any atom is -0.279 e. The molecule has 0 bridgehead atoms. The normalized spacial score (nSPS) is 11.8. The van der Waals surface area contributed by atoms with Crippen LogP contribution in [0.25, 0.3) is 21.3 Å². The number of aromatic nitrogens is 1. The summed E-state index contributed by atoms with van der Waals surface area (Å²) in [6.45, 7) is 5.89. The van der Waals surface area contributed by atoms with E-state index in [4.69, 9.17) is 23.2 Å². The van der Waals surface area contributed by atoms with Gasteiger partial charge in [-0.15, -0.1) is 11.3 Å². The highest BCUT2D eigenvalue weighted by atomic mass is 35.5. The van der Waals surface area contributed by atoms with Gasteiger partial charge >= 0.3 is 0 Å². The Kier molecular flexibility index (Phi) is 5.53. The number of hydrogen-bond donors (Lipinski definition) is 1. The minimum atomic E-state index is -3.91. The first-order valence-electron chi connectivity index (χ1n) is 9.11. The lowest BCUT2D eigenvalue weighted by atomic mass is 10.0. The standard InChI is InChI=1S/C22H18Cl2N2O2S2/c1-12-5-4-6-15(7-12)20-14(3)29-22-21(20)19(8-13(2)25-22)26-30(27,28)18-10-16(23)9-17(24)11-18/h4-11H,1-3H3,(H,25,26). The average Bonchev–Trinajstić information content (AvgIpc) is 2.96. The minimum absolute atomic E-state index is 0.00618. The van der Waals surface area contributed by atoms with Crippen molar-refractivity contribution in [2.24, 2.45) is 0 Å². The van der Waals surface area contributed by atoms with Crippen molar-refractivity contribution in [3.8, 4) is 11.1 Å². The van der Waals surface area contributed by atoms with Crippen LogP contribution in [0, 0.1) is 20.8 Å². The number of rotatable bonds is 4. The van der Waals surface area contributed by atoms with E-state index in [1.165, 1.54) is 18.2 Å². The molecule has 0 spiro atoms. The molecule has 0 saturated carbocycles. The number of halogens is 2. The maximum atomic E-state index is 13.1. The van der Waals surface area contributed by atoms with E-state index in [9.17, 15) is 8.42 Å². The van der Waals surface area contributed by atoms with Gasteiger partial charge in [0.05, 0.1) is 10.6 Å². The quantitative estimate of drug-likeness (QED) is 0.344. The largest absolute Gasteiger partial charge is 0.279 e. The summed E-state index contributed by atoms with van der Waals surface area (Å²) in [7, 11) is -3.91. The van der Waals surface area contributed by atoms with Gasteiger partial charge in [0, 0.05) is 31.6 Å². The molecule has 0 unspecified atom stereocenters. The number of thiophene rings is 1. The predicted octanol–water partition coefficient (Wildman–Crippen LogP) is 7.00. The maximum Gasteiger partial charge on any atom is 0.262 e. The van der Waals surface area contributed by atoms with Crippen molar-refractivity contribution in [1.29, 1.82) is 0 Å². The summed E-state index contributed by atoms with van der Waals surface area (Å²) in [6.07, 6.45) is 0. The Balaban J connectivity index is 1.93. The number of pyridine rings is 1. The Morgan fingerprint density at radius 2 is 1.67 bits per heavy atom. The van der Waals surface area contributed by atoms with Gasteiger partial charge in [-0.3, -0.25) is 4.72 Å². The maximum absolute atomic E-state index is 13.1. The molecule has 0 aliphatic heterocycles.